The average Bonchev–Trinajstić information content (AvgIpc) is 2.63. The molecule has 1 aromatic heterocycles. The van der Waals surface area contributed by atoms with Crippen LogP contribution in [0.5, 0.6) is 0 Å². The summed E-state index contributed by atoms with van der Waals surface area (Å²) in [7, 11) is 2.02. The van der Waals surface area contributed by atoms with Gasteiger partial charge in [0, 0.05) is 25.2 Å². The van der Waals surface area contributed by atoms with E-state index in [2.05, 4.69) is 43.0 Å². The summed E-state index contributed by atoms with van der Waals surface area (Å²) in [5.74, 6) is 6.19. The molecule has 19 heavy (non-hydrogen) atoms. The van der Waals surface area contributed by atoms with Crippen LogP contribution < -0.4 is 5.32 Å². The quantitative estimate of drug-likeness (QED) is 0.765. The normalized spacial score (nSPS) is 12.1. The number of hydrogen-bond acceptors (Lipinski definition) is 2. The predicted molar refractivity (Wildman–Crippen MR) is 81.2 cm³/mol. The van der Waals surface area contributed by atoms with E-state index >= 15 is 0 Å². The van der Waals surface area contributed by atoms with E-state index in [1.54, 1.807) is 0 Å². The summed E-state index contributed by atoms with van der Waals surface area (Å²) in [6.07, 6.45) is 4.32. The van der Waals surface area contributed by atoms with Crippen LogP contribution in [0.4, 0.5) is 0 Å². The molecule has 0 aromatic carbocycles. The van der Waals surface area contributed by atoms with E-state index in [4.69, 9.17) is 0 Å². The van der Waals surface area contributed by atoms with Crippen LogP contribution in [-0.2, 0) is 13.5 Å². The summed E-state index contributed by atoms with van der Waals surface area (Å²) in [4.78, 5) is 0. The molecule has 0 saturated carbocycles. The van der Waals surface area contributed by atoms with E-state index in [-0.39, 0.29) is 0 Å². The first-order valence-corrected chi connectivity index (χ1v) is 7.22. The van der Waals surface area contributed by atoms with E-state index in [1.165, 1.54) is 17.7 Å². The highest BCUT2D eigenvalue weighted by atomic mass is 15.3. The maximum absolute atomic E-state index is 4.48. The van der Waals surface area contributed by atoms with Crippen molar-refractivity contribution in [3.05, 3.63) is 17.0 Å². The highest BCUT2D eigenvalue weighted by molar-refractivity contribution is 5.24. The molecule has 3 heteroatoms. The standard InChI is InChI=1S/C16H27N3/c1-6-8-9-15(17-12-7-2)10-11-16-13(3)18-19(5)14(16)4/h15,17H,7,9-12H2,1-5H3. The maximum atomic E-state index is 4.48. The van der Waals surface area contributed by atoms with Crippen molar-refractivity contribution in [1.82, 2.24) is 15.1 Å². The van der Waals surface area contributed by atoms with Crippen molar-refractivity contribution in [1.29, 1.82) is 0 Å². The van der Waals surface area contributed by atoms with Crippen LogP contribution >= 0.6 is 0 Å². The van der Waals surface area contributed by atoms with Crippen molar-refractivity contribution in [2.75, 3.05) is 6.54 Å². The van der Waals surface area contributed by atoms with Gasteiger partial charge < -0.3 is 5.32 Å². The van der Waals surface area contributed by atoms with E-state index < -0.39 is 0 Å². The molecule has 0 aliphatic rings. The molecule has 0 fully saturated rings. The Morgan fingerprint density at radius 3 is 2.63 bits per heavy atom. The molecule has 0 aliphatic carbocycles. The molecule has 0 saturated heterocycles. The molecule has 1 unspecified atom stereocenters. The van der Waals surface area contributed by atoms with Crippen molar-refractivity contribution in [2.45, 2.75) is 59.4 Å². The van der Waals surface area contributed by atoms with Gasteiger partial charge in [0.05, 0.1) is 5.69 Å². The molecular formula is C16H27N3. The second-order valence-electron chi connectivity index (χ2n) is 5.09. The number of aryl methyl sites for hydroxylation is 2. The van der Waals surface area contributed by atoms with Crippen LogP contribution in [0, 0.1) is 25.7 Å². The first-order valence-electron chi connectivity index (χ1n) is 7.22. The lowest BCUT2D eigenvalue weighted by atomic mass is 10.0. The molecule has 0 amide bonds. The largest absolute Gasteiger partial charge is 0.313 e. The Balaban J connectivity index is 2.60. The molecule has 0 bridgehead atoms. The lowest BCUT2D eigenvalue weighted by Crippen LogP contribution is -2.30. The summed E-state index contributed by atoms with van der Waals surface area (Å²) in [6.45, 7) is 9.43. The Hall–Kier alpha value is -1.27. The van der Waals surface area contributed by atoms with Crippen molar-refractivity contribution in [3.8, 4) is 11.8 Å². The lowest BCUT2D eigenvalue weighted by Gasteiger charge is -2.16. The van der Waals surface area contributed by atoms with E-state index in [1.807, 2.05) is 18.7 Å². The Labute approximate surface area is 117 Å². The van der Waals surface area contributed by atoms with Gasteiger partial charge in [-0.1, -0.05) is 6.92 Å². The zero-order chi connectivity index (χ0) is 14.3. The fourth-order valence-electron chi connectivity index (χ4n) is 2.35. The fourth-order valence-corrected chi connectivity index (χ4v) is 2.35. The second-order valence-corrected chi connectivity index (χ2v) is 5.09. The highest BCUT2D eigenvalue weighted by Crippen LogP contribution is 2.15. The molecule has 0 radical (unpaired) electrons. The third kappa shape index (κ3) is 4.72. The maximum Gasteiger partial charge on any atom is 0.0628 e. The summed E-state index contributed by atoms with van der Waals surface area (Å²) in [6, 6.07) is 0.492. The molecule has 1 atom stereocenters. The first kappa shape index (κ1) is 15.8. The van der Waals surface area contributed by atoms with Gasteiger partial charge in [0.2, 0.25) is 0 Å². The SMILES string of the molecule is CC#CCC(CCc1c(C)nn(C)c1C)NCCC. The minimum absolute atomic E-state index is 0.492. The number of nitrogens with zero attached hydrogens (tertiary/aromatic N) is 2. The Kier molecular flexibility index (Phi) is 6.66. The van der Waals surface area contributed by atoms with Gasteiger partial charge in [-0.15, -0.1) is 11.8 Å². The average molecular weight is 261 g/mol. The number of rotatable bonds is 7. The number of nitrogens with one attached hydrogen (secondary N) is 1. The summed E-state index contributed by atoms with van der Waals surface area (Å²) < 4.78 is 1.98. The van der Waals surface area contributed by atoms with Gasteiger partial charge in [-0.3, -0.25) is 4.68 Å². The Morgan fingerprint density at radius 2 is 2.11 bits per heavy atom. The molecule has 1 N–H and O–H groups in total. The van der Waals surface area contributed by atoms with Crippen molar-refractivity contribution >= 4 is 0 Å². The van der Waals surface area contributed by atoms with E-state index in [0.29, 0.717) is 6.04 Å². The summed E-state index contributed by atoms with van der Waals surface area (Å²) in [5.41, 5.74) is 3.85. The second kappa shape index (κ2) is 8.01. The smallest absolute Gasteiger partial charge is 0.0628 e. The minimum Gasteiger partial charge on any atom is -0.313 e. The predicted octanol–water partition coefficient (Wildman–Crippen LogP) is 2.75. The topological polar surface area (TPSA) is 29.9 Å². The number of hydrogen-bond donors (Lipinski definition) is 1. The fraction of sp³-hybridized carbons (Fsp3) is 0.688. The van der Waals surface area contributed by atoms with Crippen LogP contribution in [0.15, 0.2) is 0 Å². The molecule has 1 rings (SSSR count). The molecule has 0 spiro atoms. The van der Waals surface area contributed by atoms with Crippen LogP contribution in [-0.4, -0.2) is 22.4 Å². The van der Waals surface area contributed by atoms with E-state index in [9.17, 15) is 0 Å². The zero-order valence-electron chi connectivity index (χ0n) is 13.0. The Bertz CT molecular complexity index is 449. The van der Waals surface area contributed by atoms with Crippen molar-refractivity contribution in [3.63, 3.8) is 0 Å². The van der Waals surface area contributed by atoms with Crippen molar-refractivity contribution in [2.24, 2.45) is 7.05 Å². The Morgan fingerprint density at radius 1 is 1.37 bits per heavy atom. The lowest BCUT2D eigenvalue weighted by molar-refractivity contribution is 0.488. The minimum atomic E-state index is 0.492. The monoisotopic (exact) mass is 261 g/mol. The van der Waals surface area contributed by atoms with Gasteiger partial charge >= 0.3 is 0 Å². The third-order valence-corrected chi connectivity index (χ3v) is 3.61. The molecule has 106 valence electrons. The van der Waals surface area contributed by atoms with Gasteiger partial charge in [-0.05, 0) is 52.1 Å². The molecular weight excluding hydrogens is 234 g/mol. The van der Waals surface area contributed by atoms with Crippen LogP contribution in [0.25, 0.3) is 0 Å². The zero-order valence-corrected chi connectivity index (χ0v) is 13.0. The molecule has 0 aliphatic heterocycles. The van der Waals surface area contributed by atoms with Crippen LogP contribution in [0.3, 0.4) is 0 Å². The molecule has 1 aromatic rings. The van der Waals surface area contributed by atoms with E-state index in [0.717, 1.165) is 31.5 Å². The number of aromatic nitrogens is 2. The summed E-state index contributed by atoms with van der Waals surface area (Å²) >= 11 is 0. The van der Waals surface area contributed by atoms with Crippen molar-refractivity contribution < 1.29 is 0 Å². The van der Waals surface area contributed by atoms with Gasteiger partial charge in [0.1, 0.15) is 0 Å². The van der Waals surface area contributed by atoms with Gasteiger partial charge in [0.25, 0.3) is 0 Å². The van der Waals surface area contributed by atoms with Gasteiger partial charge in [0.15, 0.2) is 0 Å². The van der Waals surface area contributed by atoms with Crippen LogP contribution in [0.2, 0.25) is 0 Å². The third-order valence-electron chi connectivity index (χ3n) is 3.61. The molecule has 1 heterocycles. The molecule has 3 nitrogen and oxygen atoms in total. The van der Waals surface area contributed by atoms with Gasteiger partial charge in [-0.25, -0.2) is 0 Å². The highest BCUT2D eigenvalue weighted by Gasteiger charge is 2.12. The summed E-state index contributed by atoms with van der Waals surface area (Å²) in [5, 5.41) is 8.07. The first-order chi connectivity index (χ1) is 9.10. The van der Waals surface area contributed by atoms with Crippen LogP contribution in [0.1, 0.15) is 50.1 Å². The van der Waals surface area contributed by atoms with Gasteiger partial charge in [-0.2, -0.15) is 5.10 Å².